The van der Waals surface area contributed by atoms with Gasteiger partial charge in [0.05, 0.1) is 23.8 Å². The van der Waals surface area contributed by atoms with Crippen molar-refractivity contribution in [3.05, 3.63) is 66.5 Å². The normalized spacial score (nSPS) is 11.1. The number of aryl methyl sites for hydroxylation is 1. The molecule has 0 saturated heterocycles. The SMILES string of the molecule is Nc1nc2ccccc2c2c1ncn2CCCCNC(=O)Cc1ccccc1. The molecule has 0 spiro atoms. The molecular weight excluding hydrogens is 350 g/mol. The number of amides is 1. The Balaban J connectivity index is 1.34. The first kappa shape index (κ1) is 18.0. The van der Waals surface area contributed by atoms with Gasteiger partial charge in [0.1, 0.15) is 5.52 Å². The number of pyridine rings is 1. The van der Waals surface area contributed by atoms with Gasteiger partial charge in [-0.25, -0.2) is 9.97 Å². The number of nitrogens with one attached hydrogen (secondary N) is 1. The number of nitrogens with zero attached hydrogens (tertiary/aromatic N) is 3. The summed E-state index contributed by atoms with van der Waals surface area (Å²) in [5, 5.41) is 4.05. The highest BCUT2D eigenvalue weighted by molar-refractivity contribution is 6.06. The van der Waals surface area contributed by atoms with Crippen LogP contribution in [0.4, 0.5) is 5.82 Å². The van der Waals surface area contributed by atoms with Crippen molar-refractivity contribution in [2.75, 3.05) is 12.3 Å². The van der Waals surface area contributed by atoms with Crippen LogP contribution in [-0.2, 0) is 17.8 Å². The van der Waals surface area contributed by atoms with Crippen molar-refractivity contribution in [3.8, 4) is 0 Å². The number of hydrogen-bond donors (Lipinski definition) is 2. The van der Waals surface area contributed by atoms with E-state index < -0.39 is 0 Å². The van der Waals surface area contributed by atoms with E-state index in [-0.39, 0.29) is 5.91 Å². The summed E-state index contributed by atoms with van der Waals surface area (Å²) in [6, 6.07) is 17.8. The molecule has 4 rings (SSSR count). The molecule has 6 heteroatoms. The molecule has 0 saturated carbocycles. The molecule has 4 aromatic rings. The molecule has 1 amide bonds. The van der Waals surface area contributed by atoms with Crippen LogP contribution in [-0.4, -0.2) is 27.0 Å². The number of para-hydroxylation sites is 1. The fourth-order valence-corrected chi connectivity index (χ4v) is 3.45. The third-order valence-electron chi connectivity index (χ3n) is 4.84. The second-order valence-corrected chi connectivity index (χ2v) is 6.87. The fraction of sp³-hybridized carbons (Fsp3) is 0.227. The lowest BCUT2D eigenvalue weighted by Gasteiger charge is -2.08. The van der Waals surface area contributed by atoms with E-state index in [1.807, 2.05) is 60.9 Å². The van der Waals surface area contributed by atoms with Gasteiger partial charge in [-0.05, 0) is 24.5 Å². The molecule has 0 aliphatic rings. The van der Waals surface area contributed by atoms with Crippen molar-refractivity contribution >= 4 is 33.7 Å². The minimum absolute atomic E-state index is 0.0594. The first-order valence-electron chi connectivity index (χ1n) is 9.52. The smallest absolute Gasteiger partial charge is 0.224 e. The Morgan fingerprint density at radius 2 is 1.82 bits per heavy atom. The third kappa shape index (κ3) is 3.81. The Labute approximate surface area is 163 Å². The molecule has 2 heterocycles. The first-order valence-corrected chi connectivity index (χ1v) is 9.52. The van der Waals surface area contributed by atoms with Crippen molar-refractivity contribution < 1.29 is 4.79 Å². The molecule has 2 aromatic heterocycles. The summed E-state index contributed by atoms with van der Waals surface area (Å²) >= 11 is 0. The minimum Gasteiger partial charge on any atom is -0.382 e. The standard InChI is InChI=1S/C22H23N5O/c23-22-20-21(17-10-4-5-11-18(17)26-22)27(15-25-20)13-7-6-12-24-19(28)14-16-8-2-1-3-9-16/h1-5,8-11,15H,6-7,12-14H2,(H2,23,26)(H,24,28). The van der Waals surface area contributed by atoms with Crippen LogP contribution in [0.15, 0.2) is 60.9 Å². The minimum atomic E-state index is 0.0594. The zero-order chi connectivity index (χ0) is 19.3. The van der Waals surface area contributed by atoms with Gasteiger partial charge in [-0.2, -0.15) is 0 Å². The molecule has 0 radical (unpaired) electrons. The summed E-state index contributed by atoms with van der Waals surface area (Å²) in [4.78, 5) is 20.9. The third-order valence-corrected chi connectivity index (χ3v) is 4.84. The van der Waals surface area contributed by atoms with Gasteiger partial charge in [0.2, 0.25) is 5.91 Å². The van der Waals surface area contributed by atoms with E-state index in [2.05, 4.69) is 19.9 Å². The predicted molar refractivity (Wildman–Crippen MR) is 112 cm³/mol. The number of imidazole rings is 1. The van der Waals surface area contributed by atoms with Gasteiger partial charge in [0.25, 0.3) is 0 Å². The number of unbranched alkanes of at least 4 members (excludes halogenated alkanes) is 1. The molecule has 3 N–H and O–H groups in total. The average molecular weight is 373 g/mol. The lowest BCUT2D eigenvalue weighted by molar-refractivity contribution is -0.120. The van der Waals surface area contributed by atoms with Gasteiger partial charge >= 0.3 is 0 Å². The summed E-state index contributed by atoms with van der Waals surface area (Å²) in [7, 11) is 0. The highest BCUT2D eigenvalue weighted by atomic mass is 16.1. The second kappa shape index (κ2) is 8.08. The van der Waals surface area contributed by atoms with Gasteiger partial charge in [-0.3, -0.25) is 4.79 Å². The van der Waals surface area contributed by atoms with Crippen LogP contribution < -0.4 is 11.1 Å². The highest BCUT2D eigenvalue weighted by Gasteiger charge is 2.11. The summed E-state index contributed by atoms with van der Waals surface area (Å²) in [6.07, 6.45) is 4.08. The number of fused-ring (bicyclic) bond motifs is 3. The summed E-state index contributed by atoms with van der Waals surface area (Å²) in [6.45, 7) is 1.49. The quantitative estimate of drug-likeness (QED) is 0.487. The van der Waals surface area contributed by atoms with E-state index in [4.69, 9.17) is 5.73 Å². The zero-order valence-electron chi connectivity index (χ0n) is 15.6. The molecule has 0 fully saturated rings. The van der Waals surface area contributed by atoms with Gasteiger partial charge in [0, 0.05) is 18.5 Å². The van der Waals surface area contributed by atoms with E-state index in [1.54, 1.807) is 0 Å². The van der Waals surface area contributed by atoms with Crippen molar-refractivity contribution in [1.29, 1.82) is 0 Å². The molecule has 0 aliphatic carbocycles. The number of benzene rings is 2. The van der Waals surface area contributed by atoms with Crippen molar-refractivity contribution in [3.63, 3.8) is 0 Å². The molecule has 0 atom stereocenters. The largest absolute Gasteiger partial charge is 0.382 e. The van der Waals surface area contributed by atoms with Gasteiger partial charge in [0.15, 0.2) is 5.82 Å². The molecule has 0 unspecified atom stereocenters. The Hall–Kier alpha value is -3.41. The summed E-state index contributed by atoms with van der Waals surface area (Å²) in [5.41, 5.74) is 9.75. The topological polar surface area (TPSA) is 85.8 Å². The van der Waals surface area contributed by atoms with Crippen LogP contribution in [0.1, 0.15) is 18.4 Å². The second-order valence-electron chi connectivity index (χ2n) is 6.87. The van der Waals surface area contributed by atoms with E-state index in [0.29, 0.717) is 18.8 Å². The molecule has 2 aromatic carbocycles. The van der Waals surface area contributed by atoms with E-state index >= 15 is 0 Å². The maximum absolute atomic E-state index is 12.0. The van der Waals surface area contributed by atoms with Crippen molar-refractivity contribution in [2.45, 2.75) is 25.8 Å². The van der Waals surface area contributed by atoms with Crippen molar-refractivity contribution in [2.24, 2.45) is 0 Å². The molecule has 28 heavy (non-hydrogen) atoms. The number of anilines is 1. The average Bonchev–Trinajstić information content (AvgIpc) is 3.13. The zero-order valence-corrected chi connectivity index (χ0v) is 15.6. The molecule has 142 valence electrons. The van der Waals surface area contributed by atoms with Crippen LogP contribution >= 0.6 is 0 Å². The Morgan fingerprint density at radius 1 is 1.04 bits per heavy atom. The van der Waals surface area contributed by atoms with Gasteiger partial charge in [-0.1, -0.05) is 48.5 Å². The number of aromatic nitrogens is 3. The number of carbonyl (C=O) groups is 1. The number of hydrogen-bond acceptors (Lipinski definition) is 4. The number of nitrogens with two attached hydrogens (primary N) is 1. The summed E-state index contributed by atoms with van der Waals surface area (Å²) in [5.74, 6) is 0.518. The number of rotatable bonds is 7. The maximum Gasteiger partial charge on any atom is 0.224 e. The van der Waals surface area contributed by atoms with Crippen LogP contribution in [0.3, 0.4) is 0 Å². The Morgan fingerprint density at radius 3 is 2.68 bits per heavy atom. The number of carbonyl (C=O) groups excluding carboxylic acids is 1. The Bertz CT molecular complexity index is 1100. The maximum atomic E-state index is 12.0. The van der Waals surface area contributed by atoms with E-state index in [0.717, 1.165) is 46.9 Å². The molecule has 0 aliphatic heterocycles. The van der Waals surface area contributed by atoms with Crippen LogP contribution in [0.2, 0.25) is 0 Å². The van der Waals surface area contributed by atoms with E-state index in [1.165, 1.54) is 0 Å². The van der Waals surface area contributed by atoms with Crippen molar-refractivity contribution in [1.82, 2.24) is 19.9 Å². The lowest BCUT2D eigenvalue weighted by atomic mass is 10.1. The highest BCUT2D eigenvalue weighted by Crippen LogP contribution is 2.27. The fourth-order valence-electron chi connectivity index (χ4n) is 3.45. The van der Waals surface area contributed by atoms with Crippen LogP contribution in [0.25, 0.3) is 21.9 Å². The molecular formula is C22H23N5O. The molecule has 6 nitrogen and oxygen atoms in total. The van der Waals surface area contributed by atoms with E-state index in [9.17, 15) is 4.79 Å². The van der Waals surface area contributed by atoms with Gasteiger partial charge in [-0.15, -0.1) is 0 Å². The van der Waals surface area contributed by atoms with Crippen LogP contribution in [0.5, 0.6) is 0 Å². The monoisotopic (exact) mass is 373 g/mol. The first-order chi connectivity index (χ1) is 13.7. The lowest BCUT2D eigenvalue weighted by Crippen LogP contribution is -2.26. The Kier molecular flexibility index (Phi) is 5.19. The predicted octanol–water partition coefficient (Wildman–Crippen LogP) is 3.31. The van der Waals surface area contributed by atoms with Gasteiger partial charge < -0.3 is 15.6 Å². The number of nitrogen functional groups attached to an aromatic ring is 1. The summed E-state index contributed by atoms with van der Waals surface area (Å²) < 4.78 is 2.13. The molecule has 0 bridgehead atoms. The van der Waals surface area contributed by atoms with Crippen LogP contribution in [0, 0.1) is 0 Å².